The van der Waals surface area contributed by atoms with E-state index < -0.39 is 5.60 Å². The highest BCUT2D eigenvalue weighted by molar-refractivity contribution is 14.1. The Morgan fingerprint density at radius 2 is 2.05 bits per heavy atom. The number of halogens is 1. The number of hydrogen-bond donors (Lipinski definition) is 0. The predicted molar refractivity (Wildman–Crippen MR) is 84.9 cm³/mol. The van der Waals surface area contributed by atoms with Crippen LogP contribution < -0.4 is 0 Å². The quantitative estimate of drug-likeness (QED) is 0.552. The van der Waals surface area contributed by atoms with Gasteiger partial charge in [-0.3, -0.25) is 0 Å². The third-order valence-electron chi connectivity index (χ3n) is 2.92. The molecule has 1 rings (SSSR count). The maximum absolute atomic E-state index is 12.1. The third kappa shape index (κ3) is 5.45. The first kappa shape index (κ1) is 17.0. The van der Waals surface area contributed by atoms with Gasteiger partial charge in [-0.1, -0.05) is 22.6 Å². The van der Waals surface area contributed by atoms with E-state index in [9.17, 15) is 4.79 Å². The SMILES string of the molecule is CC(C)OC1(CI)CCCN(C(=O)OC(C)(C)C)C1. The molecular weight excluding hydrogens is 357 g/mol. The summed E-state index contributed by atoms with van der Waals surface area (Å²) in [7, 11) is 0. The fourth-order valence-electron chi connectivity index (χ4n) is 2.32. The molecule has 0 aliphatic carbocycles. The molecule has 0 aromatic rings. The van der Waals surface area contributed by atoms with Crippen LogP contribution in [0.25, 0.3) is 0 Å². The zero-order chi connectivity index (χ0) is 14.7. The summed E-state index contributed by atoms with van der Waals surface area (Å²) in [6.45, 7) is 11.2. The molecule has 5 heteroatoms. The normalized spacial score (nSPS) is 24.7. The van der Waals surface area contributed by atoms with Gasteiger partial charge < -0.3 is 14.4 Å². The number of carbonyl (C=O) groups excluding carboxylic acids is 1. The lowest BCUT2D eigenvalue weighted by Crippen LogP contribution is -2.54. The zero-order valence-electron chi connectivity index (χ0n) is 12.7. The molecule has 1 heterocycles. The summed E-state index contributed by atoms with van der Waals surface area (Å²) in [5, 5.41) is 0. The predicted octanol–water partition coefficient (Wildman–Crippen LogP) is 3.62. The fraction of sp³-hybridized carbons (Fsp3) is 0.929. The standard InChI is InChI=1S/C14H26INO3/c1-11(2)18-14(9-15)7-6-8-16(10-14)12(17)19-13(3,4)5/h11H,6-10H2,1-5H3. The van der Waals surface area contributed by atoms with Crippen molar-refractivity contribution in [3.63, 3.8) is 0 Å². The van der Waals surface area contributed by atoms with E-state index in [1.165, 1.54) is 0 Å². The lowest BCUT2D eigenvalue weighted by molar-refractivity contribution is -0.100. The second kappa shape index (κ2) is 6.61. The fourth-order valence-corrected chi connectivity index (χ4v) is 3.12. The number of alkyl halides is 1. The van der Waals surface area contributed by atoms with Gasteiger partial charge in [-0.15, -0.1) is 0 Å². The van der Waals surface area contributed by atoms with Crippen LogP contribution >= 0.6 is 22.6 Å². The molecular formula is C14H26INO3. The summed E-state index contributed by atoms with van der Waals surface area (Å²) in [5.41, 5.74) is -0.662. The van der Waals surface area contributed by atoms with E-state index in [2.05, 4.69) is 22.6 Å². The average Bonchev–Trinajstić information content (AvgIpc) is 2.26. The van der Waals surface area contributed by atoms with Crippen LogP contribution in [0.1, 0.15) is 47.5 Å². The molecule has 112 valence electrons. The Labute approximate surface area is 130 Å². The van der Waals surface area contributed by atoms with Crippen molar-refractivity contribution in [2.75, 3.05) is 17.5 Å². The van der Waals surface area contributed by atoms with Gasteiger partial charge in [0.25, 0.3) is 0 Å². The van der Waals surface area contributed by atoms with Crippen molar-refractivity contribution >= 4 is 28.7 Å². The van der Waals surface area contributed by atoms with E-state index in [-0.39, 0.29) is 17.8 Å². The molecule has 19 heavy (non-hydrogen) atoms. The second-order valence-electron chi connectivity index (χ2n) is 6.49. The Bertz CT molecular complexity index is 314. The summed E-state index contributed by atoms with van der Waals surface area (Å²) >= 11 is 2.35. The van der Waals surface area contributed by atoms with Crippen LogP contribution in [-0.2, 0) is 9.47 Å². The van der Waals surface area contributed by atoms with Crippen LogP contribution in [0, 0.1) is 0 Å². The number of ether oxygens (including phenoxy) is 2. The number of carbonyl (C=O) groups is 1. The lowest BCUT2D eigenvalue weighted by atomic mass is 9.94. The molecule has 0 aromatic carbocycles. The molecule has 0 N–H and O–H groups in total. The molecule has 1 unspecified atom stereocenters. The van der Waals surface area contributed by atoms with E-state index in [0.717, 1.165) is 23.8 Å². The van der Waals surface area contributed by atoms with Gasteiger partial charge in [-0.25, -0.2) is 4.79 Å². The van der Waals surface area contributed by atoms with E-state index >= 15 is 0 Å². The van der Waals surface area contributed by atoms with Crippen LogP contribution in [0.4, 0.5) is 4.79 Å². The average molecular weight is 383 g/mol. The number of nitrogens with zero attached hydrogens (tertiary/aromatic N) is 1. The Hall–Kier alpha value is -0.0400. The van der Waals surface area contributed by atoms with Gasteiger partial charge in [-0.05, 0) is 47.5 Å². The van der Waals surface area contributed by atoms with Crippen molar-refractivity contribution in [2.45, 2.75) is 64.8 Å². The lowest BCUT2D eigenvalue weighted by Gasteiger charge is -2.42. The van der Waals surface area contributed by atoms with Crippen LogP contribution in [0.15, 0.2) is 0 Å². The highest BCUT2D eigenvalue weighted by atomic mass is 127. The molecule has 4 nitrogen and oxygen atoms in total. The van der Waals surface area contributed by atoms with Crippen molar-refractivity contribution in [3.05, 3.63) is 0 Å². The number of hydrogen-bond acceptors (Lipinski definition) is 3. The topological polar surface area (TPSA) is 38.8 Å². The van der Waals surface area contributed by atoms with Crippen LogP contribution in [0.3, 0.4) is 0 Å². The highest BCUT2D eigenvalue weighted by Gasteiger charge is 2.39. The Morgan fingerprint density at radius 3 is 2.53 bits per heavy atom. The third-order valence-corrected chi connectivity index (χ3v) is 4.31. The number of piperidine rings is 1. The van der Waals surface area contributed by atoms with Crippen LogP contribution in [-0.4, -0.2) is 45.8 Å². The minimum absolute atomic E-state index is 0.174. The number of rotatable bonds is 3. The summed E-state index contributed by atoms with van der Waals surface area (Å²) in [5.74, 6) is 0. The van der Waals surface area contributed by atoms with Crippen LogP contribution in [0.2, 0.25) is 0 Å². The van der Waals surface area contributed by atoms with E-state index in [4.69, 9.17) is 9.47 Å². The zero-order valence-corrected chi connectivity index (χ0v) is 14.8. The minimum atomic E-state index is -0.444. The Kier molecular flexibility index (Phi) is 5.92. The molecule has 0 saturated carbocycles. The van der Waals surface area contributed by atoms with Gasteiger partial charge in [0.2, 0.25) is 0 Å². The first-order valence-electron chi connectivity index (χ1n) is 6.89. The molecule has 1 atom stereocenters. The number of likely N-dealkylation sites (tertiary alicyclic amines) is 1. The second-order valence-corrected chi connectivity index (χ2v) is 7.25. The summed E-state index contributed by atoms with van der Waals surface area (Å²) in [6, 6.07) is 0. The van der Waals surface area contributed by atoms with Crippen molar-refractivity contribution in [1.29, 1.82) is 0 Å². The molecule has 1 aliphatic rings. The van der Waals surface area contributed by atoms with E-state index in [1.807, 2.05) is 34.6 Å². The van der Waals surface area contributed by atoms with Gasteiger partial charge in [0.1, 0.15) is 5.60 Å². The smallest absolute Gasteiger partial charge is 0.410 e. The Balaban J connectivity index is 2.69. The largest absolute Gasteiger partial charge is 0.444 e. The monoisotopic (exact) mass is 383 g/mol. The molecule has 1 saturated heterocycles. The molecule has 1 aliphatic heterocycles. The van der Waals surface area contributed by atoms with Gasteiger partial charge in [0.05, 0.1) is 18.2 Å². The molecule has 0 spiro atoms. The van der Waals surface area contributed by atoms with Crippen molar-refractivity contribution in [2.24, 2.45) is 0 Å². The van der Waals surface area contributed by atoms with Gasteiger partial charge in [0.15, 0.2) is 0 Å². The van der Waals surface area contributed by atoms with Crippen molar-refractivity contribution in [3.8, 4) is 0 Å². The van der Waals surface area contributed by atoms with Crippen LogP contribution in [0.5, 0.6) is 0 Å². The van der Waals surface area contributed by atoms with Crippen molar-refractivity contribution in [1.82, 2.24) is 4.90 Å². The summed E-state index contributed by atoms with van der Waals surface area (Å²) < 4.78 is 12.4. The maximum atomic E-state index is 12.1. The Morgan fingerprint density at radius 1 is 1.42 bits per heavy atom. The van der Waals surface area contributed by atoms with Crippen molar-refractivity contribution < 1.29 is 14.3 Å². The molecule has 0 bridgehead atoms. The van der Waals surface area contributed by atoms with Gasteiger partial charge in [0, 0.05) is 11.0 Å². The maximum Gasteiger partial charge on any atom is 0.410 e. The highest BCUT2D eigenvalue weighted by Crippen LogP contribution is 2.29. The summed E-state index contributed by atoms with van der Waals surface area (Å²) in [4.78, 5) is 13.9. The first-order valence-corrected chi connectivity index (χ1v) is 8.42. The molecule has 1 fully saturated rings. The van der Waals surface area contributed by atoms with E-state index in [1.54, 1.807) is 4.90 Å². The number of amides is 1. The molecule has 0 aromatic heterocycles. The van der Waals surface area contributed by atoms with E-state index in [0.29, 0.717) is 6.54 Å². The molecule has 1 amide bonds. The summed E-state index contributed by atoms with van der Waals surface area (Å²) in [6.07, 6.45) is 1.92. The van der Waals surface area contributed by atoms with Gasteiger partial charge >= 0.3 is 6.09 Å². The van der Waals surface area contributed by atoms with Gasteiger partial charge in [-0.2, -0.15) is 0 Å². The minimum Gasteiger partial charge on any atom is -0.444 e. The molecule has 0 radical (unpaired) electrons. The first-order chi connectivity index (χ1) is 8.67.